The number of rotatable bonds is 14. The van der Waals surface area contributed by atoms with Crippen LogP contribution >= 0.6 is 0 Å². The topological polar surface area (TPSA) is 36.9 Å². The summed E-state index contributed by atoms with van der Waals surface area (Å²) in [5.74, 6) is 0. The molecule has 4 heteroatoms. The van der Waals surface area contributed by atoms with Crippen molar-refractivity contribution in [3.63, 3.8) is 0 Å². The van der Waals surface area contributed by atoms with Crippen LogP contribution in [0.1, 0.15) is 36.8 Å². The molecule has 0 radical (unpaired) electrons. The molecule has 1 aliphatic rings. The molecule has 0 heterocycles. The Morgan fingerprint density at radius 2 is 1.03 bits per heavy atom. The Hall–Kier alpha value is -1.72. The van der Waals surface area contributed by atoms with Crippen molar-refractivity contribution in [1.82, 2.24) is 0 Å². The predicted octanol–water partition coefficient (Wildman–Crippen LogP) is 4.84. The van der Waals surface area contributed by atoms with E-state index in [1.807, 2.05) is 0 Å². The van der Waals surface area contributed by atoms with Gasteiger partial charge in [-0.15, -0.1) is 0 Å². The monoisotopic (exact) mass is 398 g/mol. The van der Waals surface area contributed by atoms with E-state index in [0.717, 1.165) is 38.9 Å². The Morgan fingerprint density at radius 3 is 1.48 bits per heavy atom. The summed E-state index contributed by atoms with van der Waals surface area (Å²) >= 11 is 0. The van der Waals surface area contributed by atoms with Crippen LogP contribution < -0.4 is 0 Å². The van der Waals surface area contributed by atoms with Crippen molar-refractivity contribution in [1.29, 1.82) is 0 Å². The third-order valence-electron chi connectivity index (χ3n) is 5.82. The second kappa shape index (κ2) is 11.5. The molecule has 0 spiro atoms. The highest BCUT2D eigenvalue weighted by molar-refractivity contribution is 5.80. The van der Waals surface area contributed by atoms with Crippen LogP contribution in [0.5, 0.6) is 0 Å². The third-order valence-corrected chi connectivity index (χ3v) is 5.82. The molecule has 0 N–H and O–H groups in total. The van der Waals surface area contributed by atoms with Gasteiger partial charge in [-0.3, -0.25) is 0 Å². The molecular weight excluding hydrogens is 364 g/mol. The molecule has 3 rings (SSSR count). The van der Waals surface area contributed by atoms with Gasteiger partial charge in [0.15, 0.2) is 0 Å². The summed E-state index contributed by atoms with van der Waals surface area (Å²) < 4.78 is 21.7. The highest BCUT2D eigenvalue weighted by atomic mass is 16.5. The van der Waals surface area contributed by atoms with Gasteiger partial charge < -0.3 is 18.9 Å². The Balaban J connectivity index is 1.75. The van der Waals surface area contributed by atoms with E-state index in [-0.39, 0.29) is 5.41 Å². The van der Waals surface area contributed by atoms with Crippen molar-refractivity contribution in [3.05, 3.63) is 59.7 Å². The van der Waals surface area contributed by atoms with Crippen LogP contribution in [0.3, 0.4) is 0 Å². The van der Waals surface area contributed by atoms with Gasteiger partial charge in [-0.05, 0) is 47.9 Å². The summed E-state index contributed by atoms with van der Waals surface area (Å²) in [6, 6.07) is 17.8. The average molecular weight is 399 g/mol. The van der Waals surface area contributed by atoms with Gasteiger partial charge in [0.2, 0.25) is 0 Å². The van der Waals surface area contributed by atoms with Gasteiger partial charge in [0.05, 0.1) is 26.4 Å². The molecule has 4 nitrogen and oxygen atoms in total. The Bertz CT molecular complexity index is 680. The fourth-order valence-corrected chi connectivity index (χ4v) is 4.52. The summed E-state index contributed by atoms with van der Waals surface area (Å²) in [6.45, 7) is 4.14. The molecule has 0 aromatic heterocycles. The lowest BCUT2D eigenvalue weighted by Crippen LogP contribution is -2.26. The van der Waals surface area contributed by atoms with Crippen LogP contribution in [0.25, 0.3) is 11.1 Å². The summed E-state index contributed by atoms with van der Waals surface area (Å²) in [7, 11) is 3.42. The molecule has 1 aliphatic carbocycles. The largest absolute Gasteiger partial charge is 0.382 e. The molecule has 0 unspecified atom stereocenters. The molecule has 0 fully saturated rings. The minimum absolute atomic E-state index is 0.0302. The molecule has 0 saturated heterocycles. The van der Waals surface area contributed by atoms with Crippen molar-refractivity contribution in [2.24, 2.45) is 0 Å². The van der Waals surface area contributed by atoms with Crippen molar-refractivity contribution in [2.75, 3.05) is 53.9 Å². The number of ether oxygens (including phenoxy) is 4. The van der Waals surface area contributed by atoms with Crippen molar-refractivity contribution in [3.8, 4) is 11.1 Å². The van der Waals surface area contributed by atoms with Crippen molar-refractivity contribution >= 4 is 0 Å². The maximum atomic E-state index is 5.76. The average Bonchev–Trinajstić information content (AvgIpc) is 3.04. The molecule has 158 valence electrons. The van der Waals surface area contributed by atoms with E-state index < -0.39 is 0 Å². The number of benzene rings is 2. The van der Waals surface area contributed by atoms with Crippen molar-refractivity contribution in [2.45, 2.75) is 31.1 Å². The lowest BCUT2D eigenvalue weighted by molar-refractivity contribution is 0.0629. The molecule has 29 heavy (non-hydrogen) atoms. The number of hydrogen-bond donors (Lipinski definition) is 0. The van der Waals surface area contributed by atoms with Gasteiger partial charge in [0, 0.05) is 32.8 Å². The van der Waals surface area contributed by atoms with E-state index in [1.165, 1.54) is 22.3 Å². The second-order valence-electron chi connectivity index (χ2n) is 7.59. The fourth-order valence-electron chi connectivity index (χ4n) is 4.52. The molecule has 2 aromatic carbocycles. The van der Waals surface area contributed by atoms with Gasteiger partial charge >= 0.3 is 0 Å². The number of fused-ring (bicyclic) bond motifs is 3. The minimum atomic E-state index is 0.0302. The van der Waals surface area contributed by atoms with E-state index in [9.17, 15) is 0 Å². The SMILES string of the molecule is COCCOCCCC1(CCCOCCOC)c2ccccc2-c2ccccc21. The van der Waals surface area contributed by atoms with Crippen LogP contribution in [0, 0.1) is 0 Å². The summed E-state index contributed by atoms with van der Waals surface area (Å²) in [5.41, 5.74) is 5.69. The maximum absolute atomic E-state index is 5.76. The molecule has 0 atom stereocenters. The first-order valence-electron chi connectivity index (χ1n) is 10.7. The number of methoxy groups -OCH3 is 2. The van der Waals surface area contributed by atoms with Crippen LogP contribution in [0.15, 0.2) is 48.5 Å². The van der Waals surface area contributed by atoms with Crippen LogP contribution in [0.2, 0.25) is 0 Å². The smallest absolute Gasteiger partial charge is 0.0700 e. The molecule has 2 aromatic rings. The van der Waals surface area contributed by atoms with E-state index in [2.05, 4.69) is 48.5 Å². The van der Waals surface area contributed by atoms with E-state index in [0.29, 0.717) is 26.4 Å². The quantitative estimate of drug-likeness (QED) is 0.427. The standard InChI is InChI=1S/C25H34O4/c1-26-17-19-28-15-7-13-25(14-8-16-29-20-18-27-2)23-11-5-3-9-21(23)22-10-4-6-12-24(22)25/h3-6,9-12H,7-8,13-20H2,1-2H3. The normalized spacial score (nSPS) is 14.0. The zero-order chi connectivity index (χ0) is 20.4. The van der Waals surface area contributed by atoms with Crippen LogP contribution in [-0.2, 0) is 24.4 Å². The molecule has 0 aliphatic heterocycles. The van der Waals surface area contributed by atoms with Crippen LogP contribution in [0.4, 0.5) is 0 Å². The van der Waals surface area contributed by atoms with Gasteiger partial charge in [0.1, 0.15) is 0 Å². The first kappa shape index (κ1) is 22.0. The minimum Gasteiger partial charge on any atom is -0.382 e. The van der Waals surface area contributed by atoms with E-state index in [4.69, 9.17) is 18.9 Å². The van der Waals surface area contributed by atoms with Gasteiger partial charge in [-0.1, -0.05) is 48.5 Å². The zero-order valence-electron chi connectivity index (χ0n) is 17.8. The van der Waals surface area contributed by atoms with Crippen LogP contribution in [-0.4, -0.2) is 53.9 Å². The van der Waals surface area contributed by atoms with Gasteiger partial charge in [-0.2, -0.15) is 0 Å². The van der Waals surface area contributed by atoms with Gasteiger partial charge in [0.25, 0.3) is 0 Å². The predicted molar refractivity (Wildman–Crippen MR) is 117 cm³/mol. The highest BCUT2D eigenvalue weighted by Crippen LogP contribution is 2.53. The first-order chi connectivity index (χ1) is 14.3. The fraction of sp³-hybridized carbons (Fsp3) is 0.520. The molecule has 0 amide bonds. The molecule has 0 bridgehead atoms. The van der Waals surface area contributed by atoms with Gasteiger partial charge in [-0.25, -0.2) is 0 Å². The highest BCUT2D eigenvalue weighted by Gasteiger charge is 2.41. The summed E-state index contributed by atoms with van der Waals surface area (Å²) in [5, 5.41) is 0. The third kappa shape index (κ3) is 5.26. The molecule has 0 saturated carbocycles. The van der Waals surface area contributed by atoms with E-state index >= 15 is 0 Å². The Kier molecular flexibility index (Phi) is 8.69. The lowest BCUT2D eigenvalue weighted by Gasteiger charge is -2.32. The zero-order valence-corrected chi connectivity index (χ0v) is 17.8. The summed E-state index contributed by atoms with van der Waals surface area (Å²) in [6.07, 6.45) is 4.20. The Morgan fingerprint density at radius 1 is 0.586 bits per heavy atom. The molecular formula is C25H34O4. The second-order valence-corrected chi connectivity index (χ2v) is 7.59. The van der Waals surface area contributed by atoms with Crippen molar-refractivity contribution < 1.29 is 18.9 Å². The first-order valence-corrected chi connectivity index (χ1v) is 10.7. The lowest BCUT2D eigenvalue weighted by atomic mass is 9.71. The summed E-state index contributed by atoms with van der Waals surface area (Å²) in [4.78, 5) is 0. The number of hydrogen-bond acceptors (Lipinski definition) is 4. The van der Waals surface area contributed by atoms with E-state index in [1.54, 1.807) is 14.2 Å². The maximum Gasteiger partial charge on any atom is 0.0700 e. The Labute approximate surface area is 175 Å².